The average molecular weight is 526 g/mol. The van der Waals surface area contributed by atoms with Crippen LogP contribution in [0.2, 0.25) is 0 Å². The molecule has 0 saturated heterocycles. The Morgan fingerprint density at radius 1 is 0.400 bits per heavy atom. The van der Waals surface area contributed by atoms with Gasteiger partial charge in [-0.3, -0.25) is 0 Å². The summed E-state index contributed by atoms with van der Waals surface area (Å²) in [5.74, 6) is 0. The van der Waals surface area contributed by atoms with Crippen molar-refractivity contribution in [3.05, 3.63) is 121 Å². The van der Waals surface area contributed by atoms with Gasteiger partial charge in [0, 0.05) is 0 Å². The first-order valence-electron chi connectivity index (χ1n) is 6.40. The summed E-state index contributed by atoms with van der Waals surface area (Å²) in [5, 5.41) is 4.19. The summed E-state index contributed by atoms with van der Waals surface area (Å²) >= 11 is 0. The summed E-state index contributed by atoms with van der Waals surface area (Å²) in [6.45, 7) is 0. The number of hydrogen-bond acceptors (Lipinski definition) is 0. The summed E-state index contributed by atoms with van der Waals surface area (Å²) in [4.78, 5) is 0. The summed E-state index contributed by atoms with van der Waals surface area (Å²) in [6.07, 6.45) is 0. The quantitative estimate of drug-likeness (QED) is 0.279. The molecule has 3 rings (SSSR count). The molecule has 132 valence electrons. The smallest absolute Gasteiger partial charge is 0.358 e. The third-order valence-electron chi connectivity index (χ3n) is 3.04. The van der Waals surface area contributed by atoms with Crippen LogP contribution in [0.4, 0.5) is 0 Å². The van der Waals surface area contributed by atoms with Gasteiger partial charge in [0.15, 0.2) is 0 Å². The van der Waals surface area contributed by atoms with Gasteiger partial charge in [0.05, 0.1) is 0 Å². The third-order valence-corrected chi connectivity index (χ3v) is 5.49. The molecule has 0 atom stereocenters. The van der Waals surface area contributed by atoms with Crippen LogP contribution >= 0.6 is 7.92 Å². The topological polar surface area (TPSA) is 0 Å². The van der Waals surface area contributed by atoms with Crippen molar-refractivity contribution in [2.45, 2.75) is 0 Å². The van der Waals surface area contributed by atoms with Crippen molar-refractivity contribution in [2.75, 3.05) is 0 Å². The normalized spacial score (nSPS) is 8.04. The van der Waals surface area contributed by atoms with Crippen LogP contribution in [-0.2, 0) is 22.4 Å². The fourth-order valence-electron chi connectivity index (χ4n) is 2.18. The molecule has 0 fully saturated rings. The van der Waals surface area contributed by atoms with E-state index in [0.29, 0.717) is 0 Å². The van der Waals surface area contributed by atoms with E-state index in [1.165, 1.54) is 15.9 Å². The third kappa shape index (κ3) is 8.57. The monoisotopic (exact) mass is 526 g/mol. The van der Waals surface area contributed by atoms with Gasteiger partial charge >= 0.3 is 41.2 Å². The molecule has 3 heteroatoms. The van der Waals surface area contributed by atoms with Crippen molar-refractivity contribution in [1.82, 2.24) is 0 Å². The molecule has 0 nitrogen and oxygen atoms in total. The van der Waals surface area contributed by atoms with Crippen LogP contribution in [0.5, 0.6) is 0 Å². The van der Waals surface area contributed by atoms with Gasteiger partial charge in [-0.15, -0.1) is 0 Å². The Kier molecular flexibility index (Phi) is 21.7. The van der Waals surface area contributed by atoms with Crippen LogP contribution in [0.15, 0.2) is 91.0 Å². The van der Waals surface area contributed by atoms with E-state index >= 15 is 0 Å². The zero-order valence-electron chi connectivity index (χ0n) is 15.9. The van der Waals surface area contributed by atoms with E-state index in [4.69, 9.17) is 0 Å². The largest absolute Gasteiger partial charge is 3.00 e. The van der Waals surface area contributed by atoms with Gasteiger partial charge in [0.25, 0.3) is 0 Å². The molecule has 3 aromatic rings. The summed E-state index contributed by atoms with van der Waals surface area (Å²) < 4.78 is 0. The van der Waals surface area contributed by atoms with Crippen LogP contribution in [-0.4, -0.2) is 0 Å². The maximum Gasteiger partial charge on any atom is 3.00 e. The second-order valence-corrected chi connectivity index (χ2v) is 6.56. The van der Waals surface area contributed by atoms with Crippen LogP contribution in [0.3, 0.4) is 0 Å². The number of benzene rings is 3. The van der Waals surface area contributed by atoms with Crippen molar-refractivity contribution in [3.8, 4) is 0 Å². The molecule has 0 unspecified atom stereocenters. The molecule has 0 N–H and O–H groups in total. The molecular weight excluding hydrogens is 499 g/mol. The fraction of sp³-hybridized carbons (Fsp3) is 0. The van der Waals surface area contributed by atoms with Crippen LogP contribution in [0.1, 0.15) is 0 Å². The Morgan fingerprint density at radius 3 is 0.800 bits per heavy atom. The summed E-state index contributed by atoms with van der Waals surface area (Å²) in [7, 11) is -0.446. The first-order chi connectivity index (χ1) is 9.45. The Labute approximate surface area is 184 Å². The summed E-state index contributed by atoms with van der Waals surface area (Å²) in [5.41, 5.74) is 0. The molecule has 0 aliphatic carbocycles. The average Bonchev–Trinajstić information content (AvgIpc) is 2.51. The van der Waals surface area contributed by atoms with E-state index in [1.807, 2.05) is 0 Å². The molecule has 0 bridgehead atoms. The molecule has 0 saturated carbocycles. The van der Waals surface area contributed by atoms with Gasteiger partial charge < -0.3 is 29.7 Å². The predicted octanol–water partition coefficient (Wildman–Crippen LogP) is 2.25. The van der Waals surface area contributed by atoms with E-state index in [1.54, 1.807) is 0 Å². The molecule has 0 aromatic heterocycles. The summed E-state index contributed by atoms with van der Waals surface area (Å²) in [6, 6.07) is 32.3. The zero-order chi connectivity index (χ0) is 12.9. The number of hydrogen-bond donors (Lipinski definition) is 0. The van der Waals surface area contributed by atoms with E-state index in [9.17, 15) is 0 Å². The molecule has 0 spiro atoms. The zero-order valence-corrected chi connectivity index (χ0v) is 19.0. The standard InChI is InChI=1S/C18H15P.4CH3.Au.Li/c1-4-10-16(11-5-1)19(17-12-6-2-7-13-17)18-14-8-3-9-15-18;;;;;;/h1-15H;4*1H3;;/q;4*-1;+3;+1. The molecular formula is C22H27AuLiP. The van der Waals surface area contributed by atoms with Crippen molar-refractivity contribution in [3.63, 3.8) is 0 Å². The van der Waals surface area contributed by atoms with Gasteiger partial charge in [0.2, 0.25) is 0 Å². The second kappa shape index (κ2) is 16.9. The first-order valence-corrected chi connectivity index (χ1v) is 7.74. The predicted molar refractivity (Wildman–Crippen MR) is 111 cm³/mol. The van der Waals surface area contributed by atoms with Crippen molar-refractivity contribution in [1.29, 1.82) is 0 Å². The SMILES string of the molecule is [Au+3].[CH3-].[CH3-].[CH3-].[CH3-].[Li+].c1ccc(P(c2ccccc2)c2ccccc2)cc1. The number of rotatable bonds is 3. The molecule has 0 aliphatic heterocycles. The fourth-order valence-corrected chi connectivity index (χ4v) is 4.48. The van der Waals surface area contributed by atoms with Crippen molar-refractivity contribution in [2.24, 2.45) is 0 Å². The van der Waals surface area contributed by atoms with E-state index in [0.717, 1.165) is 0 Å². The van der Waals surface area contributed by atoms with E-state index < -0.39 is 7.92 Å². The second-order valence-electron chi connectivity index (χ2n) is 4.34. The van der Waals surface area contributed by atoms with Gasteiger partial charge in [-0.2, -0.15) is 0 Å². The van der Waals surface area contributed by atoms with Gasteiger partial charge in [-0.05, 0) is 23.8 Å². The van der Waals surface area contributed by atoms with Crippen LogP contribution in [0, 0.1) is 29.7 Å². The molecule has 0 amide bonds. The molecule has 0 radical (unpaired) electrons. The maximum atomic E-state index is 2.23. The minimum absolute atomic E-state index is 0. The minimum Gasteiger partial charge on any atom is -0.358 e. The maximum absolute atomic E-state index is 2.23. The van der Waals surface area contributed by atoms with Gasteiger partial charge in [-0.1, -0.05) is 91.0 Å². The Balaban J connectivity index is -0.000000367. The van der Waals surface area contributed by atoms with E-state index in [2.05, 4.69) is 91.0 Å². The van der Waals surface area contributed by atoms with Gasteiger partial charge in [0.1, 0.15) is 0 Å². The molecule has 0 heterocycles. The molecule has 3 aromatic carbocycles. The van der Waals surface area contributed by atoms with Crippen LogP contribution < -0.4 is 34.8 Å². The van der Waals surface area contributed by atoms with E-state index in [-0.39, 0.29) is 70.9 Å². The van der Waals surface area contributed by atoms with Gasteiger partial charge in [-0.25, -0.2) is 0 Å². The minimum atomic E-state index is -0.446. The Hall–Kier alpha value is -0.572. The van der Waals surface area contributed by atoms with Crippen molar-refractivity contribution < 1.29 is 41.2 Å². The molecule has 25 heavy (non-hydrogen) atoms. The molecule has 0 aliphatic rings. The Bertz CT molecular complexity index is 536. The van der Waals surface area contributed by atoms with Crippen molar-refractivity contribution >= 4 is 23.8 Å². The first kappa shape index (κ1) is 32.1. The Morgan fingerprint density at radius 2 is 0.600 bits per heavy atom. The van der Waals surface area contributed by atoms with Crippen LogP contribution in [0.25, 0.3) is 0 Å².